The molecule has 2 aliphatic rings. The number of carbonyl (C=O) groups excluding carboxylic acids is 1. The van der Waals surface area contributed by atoms with Crippen molar-refractivity contribution in [3.63, 3.8) is 0 Å². The zero-order valence-electron chi connectivity index (χ0n) is 48.0. The topological polar surface area (TPSA) is 174 Å². The summed E-state index contributed by atoms with van der Waals surface area (Å²) in [5.41, 5.74) is 3.53. The minimum Gasteiger partial charge on any atom is -0.508 e. The summed E-state index contributed by atoms with van der Waals surface area (Å²) >= 11 is 0. The Morgan fingerprint density at radius 2 is 0.881 bits per heavy atom. The summed E-state index contributed by atoms with van der Waals surface area (Å²) in [6.07, 6.45) is -4.24. The van der Waals surface area contributed by atoms with Gasteiger partial charge >= 0.3 is 30.2 Å². The summed E-state index contributed by atoms with van der Waals surface area (Å²) in [7, 11) is 0. The van der Waals surface area contributed by atoms with Crippen LogP contribution in [0.2, 0.25) is 0 Å². The van der Waals surface area contributed by atoms with Crippen molar-refractivity contribution in [1.82, 2.24) is 0 Å². The second-order valence-electron chi connectivity index (χ2n) is 23.5. The molecule has 0 saturated heterocycles. The summed E-state index contributed by atoms with van der Waals surface area (Å²) < 4.78 is 138. The fraction of sp³-hybridized carbons (Fsp3) is 0.594. The highest BCUT2D eigenvalue weighted by atomic mass is 19.4. The second-order valence-corrected chi connectivity index (χ2v) is 23.5. The highest BCUT2D eigenvalue weighted by Gasteiger charge is 2.57. The van der Waals surface area contributed by atoms with Crippen LogP contribution in [0, 0.1) is 11.8 Å². The largest absolute Gasteiger partial charge is 0.508 e. The molecule has 10 nitrogen and oxygen atoms in total. The number of unbranched alkanes of at least 4 members (excludes halogenated alkanes) is 10. The zero-order chi connectivity index (χ0) is 62.1. The number of carboxylic acid groups (broad SMARTS) is 1. The van der Waals surface area contributed by atoms with Gasteiger partial charge in [0.25, 0.3) is 0 Å². The van der Waals surface area contributed by atoms with Gasteiger partial charge in [-0.3, -0.25) is 9.59 Å². The third-order valence-corrected chi connectivity index (χ3v) is 17.1. The Hall–Kier alpha value is -5.92. The van der Waals surface area contributed by atoms with Crippen LogP contribution in [0.3, 0.4) is 0 Å². The highest BCUT2D eigenvalue weighted by Crippen LogP contribution is 2.52. The molecule has 20 heteroatoms. The number of rotatable bonds is 31. The van der Waals surface area contributed by atoms with E-state index in [0.717, 1.165) is 99.3 Å². The number of aromatic hydroxyl groups is 4. The average Bonchev–Trinajstić information content (AvgIpc) is 1.12. The Labute approximate surface area is 485 Å². The van der Waals surface area contributed by atoms with Crippen LogP contribution in [0.1, 0.15) is 196 Å². The SMILES string of the molecule is CC(CCCC(F)(F)C(F)(F)F)C(=O)CCCCCCCC[C@@H]1c2ccc(O)cc2OC[C@]1(C)c1ccc(O)cc1.C[C@]1(c2ccc(O)cc2)COc2cc(O)ccc2[C@H]1CCCCCCCCC(O)C(CCCC(F)(F)C(F)(F)F)C(=O)O. The highest BCUT2D eigenvalue weighted by molar-refractivity contribution is 5.80. The number of ketones is 1. The third kappa shape index (κ3) is 19.0. The van der Waals surface area contributed by atoms with E-state index in [0.29, 0.717) is 44.0 Å². The molecule has 0 fully saturated rings. The van der Waals surface area contributed by atoms with E-state index in [1.807, 2.05) is 36.4 Å². The lowest BCUT2D eigenvalue weighted by molar-refractivity contribution is -0.284. The number of ether oxygens (including phenoxy) is 2. The van der Waals surface area contributed by atoms with Crippen molar-refractivity contribution < 1.29 is 93.6 Å². The number of hydrogen-bond donors (Lipinski definition) is 6. The second kappa shape index (κ2) is 30.4. The van der Waals surface area contributed by atoms with Crippen molar-refractivity contribution in [2.45, 2.75) is 215 Å². The van der Waals surface area contributed by atoms with E-state index >= 15 is 0 Å². The molecule has 0 aliphatic carbocycles. The van der Waals surface area contributed by atoms with E-state index in [2.05, 4.69) is 13.8 Å². The number of phenols is 4. The molecule has 3 unspecified atom stereocenters. The van der Waals surface area contributed by atoms with E-state index in [1.54, 1.807) is 55.5 Å². The Morgan fingerprint density at radius 3 is 1.29 bits per heavy atom. The van der Waals surface area contributed by atoms with Gasteiger partial charge < -0.3 is 40.1 Å². The smallest absolute Gasteiger partial charge is 0.453 e. The van der Waals surface area contributed by atoms with Crippen molar-refractivity contribution in [1.29, 1.82) is 0 Å². The first-order valence-electron chi connectivity index (χ1n) is 29.2. The first-order chi connectivity index (χ1) is 39.4. The van der Waals surface area contributed by atoms with Crippen LogP contribution in [-0.4, -0.2) is 85.9 Å². The van der Waals surface area contributed by atoms with Crippen molar-refractivity contribution in [3.8, 4) is 34.5 Å². The van der Waals surface area contributed by atoms with Crippen LogP contribution in [0.25, 0.3) is 0 Å². The molecule has 468 valence electrons. The quantitative estimate of drug-likeness (QED) is 0.0210. The Kier molecular flexibility index (Phi) is 24.9. The lowest BCUT2D eigenvalue weighted by Crippen LogP contribution is -2.40. The van der Waals surface area contributed by atoms with Crippen LogP contribution in [0.5, 0.6) is 34.5 Å². The lowest BCUT2D eigenvalue weighted by atomic mass is 9.66. The first-order valence-corrected chi connectivity index (χ1v) is 29.2. The number of fused-ring (bicyclic) bond motifs is 2. The fourth-order valence-electron chi connectivity index (χ4n) is 11.7. The number of alkyl halides is 10. The van der Waals surface area contributed by atoms with Gasteiger partial charge in [-0.1, -0.05) is 128 Å². The molecule has 0 saturated carbocycles. The summed E-state index contributed by atoms with van der Waals surface area (Å²) in [6.45, 7) is 6.77. The molecule has 0 aromatic heterocycles. The van der Waals surface area contributed by atoms with E-state index in [9.17, 15) is 84.1 Å². The minimum absolute atomic E-state index is 0.0303. The molecule has 7 atom stereocenters. The van der Waals surface area contributed by atoms with Gasteiger partial charge in [0.1, 0.15) is 40.3 Å². The number of carboxylic acids is 1. The maximum absolute atomic E-state index is 13.1. The normalized spacial score (nSPS) is 20.0. The molecule has 2 heterocycles. The van der Waals surface area contributed by atoms with Crippen molar-refractivity contribution in [2.75, 3.05) is 13.2 Å². The number of benzene rings is 4. The van der Waals surface area contributed by atoms with Gasteiger partial charge in [-0.05, 0) is 110 Å². The van der Waals surface area contributed by atoms with Crippen molar-refractivity contribution in [2.24, 2.45) is 11.8 Å². The van der Waals surface area contributed by atoms with Gasteiger partial charge in [0.15, 0.2) is 0 Å². The van der Waals surface area contributed by atoms with Gasteiger partial charge in [-0.25, -0.2) is 0 Å². The number of phenolic OH excluding ortho intramolecular Hbond substituents is 4. The number of aliphatic hydroxyl groups is 1. The van der Waals surface area contributed by atoms with Crippen molar-refractivity contribution >= 4 is 11.8 Å². The molecule has 6 N–H and O–H groups in total. The molecule has 84 heavy (non-hydrogen) atoms. The number of Topliss-reactive ketones (excluding diaryl/α,β-unsaturated/α-hetero) is 1. The Bertz CT molecular complexity index is 2680. The van der Waals surface area contributed by atoms with Crippen LogP contribution < -0.4 is 9.47 Å². The predicted octanol–water partition coefficient (Wildman–Crippen LogP) is 17.3. The van der Waals surface area contributed by atoms with Crippen LogP contribution >= 0.6 is 0 Å². The molecular formula is C64H82F10O10. The molecule has 4 aromatic rings. The number of aliphatic carboxylic acids is 1. The number of halogens is 10. The summed E-state index contributed by atoms with van der Waals surface area (Å²) in [4.78, 5) is 23.7. The average molecular weight is 1200 g/mol. The Balaban J connectivity index is 0.000000308. The molecule has 2 aliphatic heterocycles. The monoisotopic (exact) mass is 1200 g/mol. The van der Waals surface area contributed by atoms with E-state index in [4.69, 9.17) is 9.47 Å². The summed E-state index contributed by atoms with van der Waals surface area (Å²) in [6, 6.07) is 24.8. The van der Waals surface area contributed by atoms with Crippen LogP contribution in [0.15, 0.2) is 84.9 Å². The van der Waals surface area contributed by atoms with Crippen LogP contribution in [-0.2, 0) is 20.4 Å². The van der Waals surface area contributed by atoms with Gasteiger partial charge in [0.2, 0.25) is 0 Å². The number of carbonyl (C=O) groups is 2. The number of aliphatic hydroxyl groups excluding tert-OH is 1. The molecule has 0 radical (unpaired) electrons. The third-order valence-electron chi connectivity index (χ3n) is 17.1. The lowest BCUT2D eigenvalue weighted by Gasteiger charge is -2.43. The maximum Gasteiger partial charge on any atom is 0.453 e. The first kappa shape index (κ1) is 68.9. The fourth-order valence-corrected chi connectivity index (χ4v) is 11.7. The van der Waals surface area contributed by atoms with Crippen molar-refractivity contribution in [3.05, 3.63) is 107 Å². The molecule has 0 bridgehead atoms. The van der Waals surface area contributed by atoms with Gasteiger partial charge in [0.05, 0.1) is 25.2 Å². The van der Waals surface area contributed by atoms with E-state index in [1.165, 1.54) is 0 Å². The van der Waals surface area contributed by atoms with Crippen LogP contribution in [0.4, 0.5) is 43.9 Å². The molecule has 0 amide bonds. The Morgan fingerprint density at radius 1 is 0.512 bits per heavy atom. The predicted molar refractivity (Wildman–Crippen MR) is 298 cm³/mol. The summed E-state index contributed by atoms with van der Waals surface area (Å²) in [5.74, 6) is -10.7. The zero-order valence-corrected chi connectivity index (χ0v) is 48.0. The van der Waals surface area contributed by atoms with Gasteiger partial charge in [-0.2, -0.15) is 43.9 Å². The van der Waals surface area contributed by atoms with Gasteiger partial charge in [0, 0.05) is 60.0 Å². The molecule has 4 aromatic carbocycles. The molecule has 0 spiro atoms. The van der Waals surface area contributed by atoms with E-state index < -0.39 is 73.8 Å². The molecule has 6 rings (SSSR count). The maximum atomic E-state index is 13.1. The summed E-state index contributed by atoms with van der Waals surface area (Å²) in [5, 5.41) is 59.0. The minimum atomic E-state index is -5.68. The van der Waals surface area contributed by atoms with Gasteiger partial charge in [-0.15, -0.1) is 0 Å². The standard InChI is InChI=1S/C32H41F5O6.C32H41F5O4/c1-30(21-12-14-22(38)15-13-21)20-43-28-19-23(39)16-17-24(28)26(30)10-6-4-2-3-5-7-11-27(40)25(29(41)42)9-8-18-31(33,34)32(35,36)37;1-22(10-9-19-31(33,34)32(35,36)37)28(40)12-8-6-4-3-5-7-11-27-26-18-17-25(39)20-29(26)41-21-30(27,2)23-13-15-24(38)16-14-23/h12-17,19,25-27,38-40H,2-11,18,20H2,1H3,(H,41,42);13-18,20,22,27,38-39H,3-12,19,21H2,1-2H3/t25?,26-,27?,30-;22?,27-,30-/m11/s1. The van der Waals surface area contributed by atoms with E-state index in [-0.39, 0.29) is 70.7 Å². The number of hydrogen-bond acceptors (Lipinski definition) is 9. The molecular weight excluding hydrogens is 1120 g/mol.